The molecule has 0 radical (unpaired) electrons. The molecule has 1 fully saturated rings. The standard InChI is InChI=1S/C25H25N5O3/c1-17-23(18(2)30(26-17)19-8-4-3-5-9-19)28-14-12-27(13-15-28)22(31)16-29-24(32)20-10-6-7-11-21(20)25(29)33/h3-11H,12-16H2,1-2H3. The minimum atomic E-state index is -0.401. The maximum absolute atomic E-state index is 12.9. The van der Waals surface area contributed by atoms with Crippen molar-refractivity contribution in [1.82, 2.24) is 19.6 Å². The van der Waals surface area contributed by atoms with Gasteiger partial charge in [-0.1, -0.05) is 30.3 Å². The third kappa shape index (κ3) is 3.57. The number of anilines is 1. The minimum absolute atomic E-state index is 0.211. The number of carbonyl (C=O) groups excluding carboxylic acids is 3. The van der Waals surface area contributed by atoms with Gasteiger partial charge in [0.15, 0.2) is 0 Å². The van der Waals surface area contributed by atoms with Gasteiger partial charge in [0.1, 0.15) is 6.54 Å². The molecule has 0 unspecified atom stereocenters. The third-order valence-corrected chi connectivity index (χ3v) is 6.37. The third-order valence-electron chi connectivity index (χ3n) is 6.37. The van der Waals surface area contributed by atoms with Gasteiger partial charge in [0.25, 0.3) is 11.8 Å². The summed E-state index contributed by atoms with van der Waals surface area (Å²) < 4.78 is 1.95. The highest BCUT2D eigenvalue weighted by atomic mass is 16.2. The van der Waals surface area contributed by atoms with Crippen molar-refractivity contribution < 1.29 is 14.4 Å². The van der Waals surface area contributed by atoms with E-state index in [2.05, 4.69) is 11.8 Å². The lowest BCUT2D eigenvalue weighted by molar-refractivity contribution is -0.131. The summed E-state index contributed by atoms with van der Waals surface area (Å²) in [4.78, 5) is 43.1. The van der Waals surface area contributed by atoms with Crippen LogP contribution in [0.25, 0.3) is 5.69 Å². The van der Waals surface area contributed by atoms with Gasteiger partial charge < -0.3 is 9.80 Å². The maximum atomic E-state index is 12.9. The van der Waals surface area contributed by atoms with Gasteiger partial charge in [0.2, 0.25) is 5.91 Å². The lowest BCUT2D eigenvalue weighted by atomic mass is 10.1. The van der Waals surface area contributed by atoms with E-state index in [9.17, 15) is 14.4 Å². The summed E-state index contributed by atoms with van der Waals surface area (Å²) in [5.41, 5.74) is 4.83. The summed E-state index contributed by atoms with van der Waals surface area (Å²) in [6.45, 7) is 6.21. The minimum Gasteiger partial charge on any atom is -0.365 e. The van der Waals surface area contributed by atoms with Crippen LogP contribution < -0.4 is 4.90 Å². The summed E-state index contributed by atoms with van der Waals surface area (Å²) in [5, 5.41) is 4.73. The van der Waals surface area contributed by atoms with Gasteiger partial charge >= 0.3 is 0 Å². The highest BCUT2D eigenvalue weighted by molar-refractivity contribution is 6.22. The second kappa shape index (κ2) is 8.20. The fraction of sp³-hybridized carbons (Fsp3) is 0.280. The number of aryl methyl sites for hydroxylation is 1. The molecule has 5 rings (SSSR count). The fourth-order valence-electron chi connectivity index (χ4n) is 4.71. The van der Waals surface area contributed by atoms with E-state index in [-0.39, 0.29) is 12.5 Å². The monoisotopic (exact) mass is 443 g/mol. The Bertz CT molecular complexity index is 1210. The Hall–Kier alpha value is -3.94. The van der Waals surface area contributed by atoms with Crippen molar-refractivity contribution in [1.29, 1.82) is 0 Å². The van der Waals surface area contributed by atoms with E-state index in [1.54, 1.807) is 29.2 Å². The molecule has 0 N–H and O–H groups in total. The number of imide groups is 1. The van der Waals surface area contributed by atoms with Crippen LogP contribution in [0.5, 0.6) is 0 Å². The van der Waals surface area contributed by atoms with Crippen LogP contribution in [-0.2, 0) is 4.79 Å². The molecule has 33 heavy (non-hydrogen) atoms. The number of carbonyl (C=O) groups is 3. The molecule has 3 heterocycles. The van der Waals surface area contributed by atoms with E-state index in [1.807, 2.05) is 41.9 Å². The molecule has 2 aliphatic rings. The van der Waals surface area contributed by atoms with Crippen LogP contribution in [-0.4, -0.2) is 70.0 Å². The molecule has 2 aliphatic heterocycles. The summed E-state index contributed by atoms with van der Waals surface area (Å²) in [7, 11) is 0. The van der Waals surface area contributed by atoms with Gasteiger partial charge in [-0.2, -0.15) is 5.10 Å². The Labute approximate surface area is 192 Å². The second-order valence-corrected chi connectivity index (χ2v) is 8.38. The van der Waals surface area contributed by atoms with Crippen molar-refractivity contribution in [2.24, 2.45) is 0 Å². The summed E-state index contributed by atoms with van der Waals surface area (Å²) in [6, 6.07) is 16.7. The summed E-state index contributed by atoms with van der Waals surface area (Å²) in [5.74, 6) is -1.01. The molecule has 0 bridgehead atoms. The molecule has 0 aliphatic carbocycles. The van der Waals surface area contributed by atoms with E-state index in [0.717, 1.165) is 27.7 Å². The van der Waals surface area contributed by atoms with Crippen LogP contribution in [0.3, 0.4) is 0 Å². The molecule has 8 heteroatoms. The highest BCUT2D eigenvalue weighted by Crippen LogP contribution is 2.28. The number of rotatable bonds is 4. The molecule has 3 amide bonds. The van der Waals surface area contributed by atoms with Crippen molar-refractivity contribution in [3.8, 4) is 5.69 Å². The molecule has 1 aromatic heterocycles. The molecular weight excluding hydrogens is 418 g/mol. The van der Waals surface area contributed by atoms with Crippen molar-refractivity contribution in [2.45, 2.75) is 13.8 Å². The zero-order chi connectivity index (χ0) is 23.1. The Balaban J connectivity index is 1.25. The van der Waals surface area contributed by atoms with Crippen molar-refractivity contribution in [3.05, 3.63) is 77.1 Å². The molecule has 0 spiro atoms. The number of para-hydroxylation sites is 1. The van der Waals surface area contributed by atoms with E-state index in [4.69, 9.17) is 5.10 Å². The van der Waals surface area contributed by atoms with E-state index < -0.39 is 11.8 Å². The Morgan fingerprint density at radius 3 is 2.03 bits per heavy atom. The van der Waals surface area contributed by atoms with Crippen molar-refractivity contribution in [2.75, 3.05) is 37.6 Å². The molecule has 3 aromatic rings. The molecule has 0 atom stereocenters. The second-order valence-electron chi connectivity index (χ2n) is 8.38. The normalized spacial score (nSPS) is 15.9. The number of aromatic nitrogens is 2. The smallest absolute Gasteiger partial charge is 0.262 e. The van der Waals surface area contributed by atoms with Gasteiger partial charge in [-0.15, -0.1) is 0 Å². The van der Waals surface area contributed by atoms with Crippen LogP contribution >= 0.6 is 0 Å². The van der Waals surface area contributed by atoms with Gasteiger partial charge in [-0.25, -0.2) is 4.68 Å². The van der Waals surface area contributed by atoms with Crippen LogP contribution in [0.2, 0.25) is 0 Å². The maximum Gasteiger partial charge on any atom is 0.262 e. The average Bonchev–Trinajstić information content (AvgIpc) is 3.27. The Kier molecular flexibility index (Phi) is 5.20. The first-order valence-corrected chi connectivity index (χ1v) is 11.1. The summed E-state index contributed by atoms with van der Waals surface area (Å²) >= 11 is 0. The first-order chi connectivity index (χ1) is 16.0. The predicted molar refractivity (Wildman–Crippen MR) is 124 cm³/mol. The molecular formula is C25H25N5O3. The number of nitrogens with zero attached hydrogens (tertiary/aromatic N) is 5. The quantitative estimate of drug-likeness (QED) is 0.579. The molecule has 8 nitrogen and oxygen atoms in total. The van der Waals surface area contributed by atoms with Crippen LogP contribution in [0, 0.1) is 13.8 Å². The summed E-state index contributed by atoms with van der Waals surface area (Å²) in [6.07, 6.45) is 0. The van der Waals surface area contributed by atoms with Gasteiger partial charge in [0, 0.05) is 26.2 Å². The topological polar surface area (TPSA) is 78.8 Å². The average molecular weight is 444 g/mol. The number of amides is 3. The molecule has 1 saturated heterocycles. The van der Waals surface area contributed by atoms with Crippen molar-refractivity contribution in [3.63, 3.8) is 0 Å². The lowest BCUT2D eigenvalue weighted by Gasteiger charge is -2.36. The van der Waals surface area contributed by atoms with Gasteiger partial charge in [0.05, 0.1) is 33.9 Å². The molecule has 0 saturated carbocycles. The molecule has 2 aromatic carbocycles. The number of fused-ring (bicyclic) bond motifs is 1. The number of benzene rings is 2. The zero-order valence-electron chi connectivity index (χ0n) is 18.7. The fourth-order valence-corrected chi connectivity index (χ4v) is 4.71. The van der Waals surface area contributed by atoms with Crippen LogP contribution in [0.1, 0.15) is 32.1 Å². The first kappa shape index (κ1) is 20.9. The first-order valence-electron chi connectivity index (χ1n) is 11.1. The highest BCUT2D eigenvalue weighted by Gasteiger charge is 2.37. The van der Waals surface area contributed by atoms with Gasteiger partial charge in [-0.3, -0.25) is 19.3 Å². The molecule has 168 valence electrons. The van der Waals surface area contributed by atoms with E-state index in [0.29, 0.717) is 37.3 Å². The van der Waals surface area contributed by atoms with Crippen LogP contribution in [0.15, 0.2) is 54.6 Å². The lowest BCUT2D eigenvalue weighted by Crippen LogP contribution is -2.52. The van der Waals surface area contributed by atoms with E-state index in [1.165, 1.54) is 0 Å². The number of hydrogen-bond acceptors (Lipinski definition) is 5. The van der Waals surface area contributed by atoms with Crippen molar-refractivity contribution >= 4 is 23.4 Å². The van der Waals surface area contributed by atoms with E-state index >= 15 is 0 Å². The zero-order valence-corrected chi connectivity index (χ0v) is 18.7. The predicted octanol–water partition coefficient (Wildman–Crippen LogP) is 2.43. The number of piperazine rings is 1. The van der Waals surface area contributed by atoms with Gasteiger partial charge in [-0.05, 0) is 38.1 Å². The SMILES string of the molecule is Cc1nn(-c2ccccc2)c(C)c1N1CCN(C(=O)CN2C(=O)c3ccccc3C2=O)CC1. The Morgan fingerprint density at radius 2 is 1.42 bits per heavy atom. The Morgan fingerprint density at radius 1 is 0.848 bits per heavy atom. The van der Waals surface area contributed by atoms with Crippen LogP contribution in [0.4, 0.5) is 5.69 Å². The number of hydrogen-bond donors (Lipinski definition) is 0. The largest absolute Gasteiger partial charge is 0.365 e.